The van der Waals surface area contributed by atoms with Crippen LogP contribution in [0.5, 0.6) is 5.75 Å². The van der Waals surface area contributed by atoms with E-state index in [4.69, 9.17) is 4.74 Å². The highest BCUT2D eigenvalue weighted by atomic mass is 16.5. The number of nitrogens with one attached hydrogen (secondary N) is 1. The number of hydrogen-bond donors (Lipinski definition) is 1. The topological polar surface area (TPSA) is 89.3 Å². The number of para-hydroxylation sites is 4. The van der Waals surface area contributed by atoms with E-state index in [2.05, 4.69) is 15.3 Å². The average molecular weight is 427 g/mol. The molecule has 0 bridgehead atoms. The van der Waals surface area contributed by atoms with Gasteiger partial charge in [0.1, 0.15) is 11.8 Å². The lowest BCUT2D eigenvalue weighted by Gasteiger charge is -2.16. The number of methoxy groups -OCH3 is 1. The molecule has 1 N–H and O–H groups in total. The van der Waals surface area contributed by atoms with Crippen LogP contribution in [0.3, 0.4) is 0 Å². The Morgan fingerprint density at radius 1 is 1.09 bits per heavy atom. The van der Waals surface area contributed by atoms with Crippen LogP contribution in [-0.4, -0.2) is 33.5 Å². The number of pyridine rings is 1. The van der Waals surface area contributed by atoms with E-state index < -0.39 is 6.04 Å². The van der Waals surface area contributed by atoms with Crippen molar-refractivity contribution in [3.05, 3.63) is 78.6 Å². The predicted molar refractivity (Wildman–Crippen MR) is 120 cm³/mol. The molecule has 0 saturated carbocycles. The maximum atomic E-state index is 13.4. The van der Waals surface area contributed by atoms with Gasteiger partial charge in [0.2, 0.25) is 11.9 Å². The van der Waals surface area contributed by atoms with E-state index in [1.54, 1.807) is 36.5 Å². The van der Waals surface area contributed by atoms with E-state index >= 15 is 0 Å². The van der Waals surface area contributed by atoms with E-state index in [1.807, 2.05) is 53.1 Å². The minimum Gasteiger partial charge on any atom is -0.495 e. The molecule has 0 spiro atoms. The van der Waals surface area contributed by atoms with Crippen LogP contribution >= 0.6 is 0 Å². The second kappa shape index (κ2) is 8.14. The molecule has 5 rings (SSSR count). The second-order valence-electron chi connectivity index (χ2n) is 7.52. The SMILES string of the molecule is COc1ccccc1NC(=O)C[C@@H]1C(=O)N(Cc2cccnc2)c2nc3ccccc3n21. The largest absolute Gasteiger partial charge is 0.495 e. The first-order chi connectivity index (χ1) is 15.7. The molecule has 0 radical (unpaired) electrons. The van der Waals surface area contributed by atoms with E-state index in [0.29, 0.717) is 23.9 Å². The summed E-state index contributed by atoms with van der Waals surface area (Å²) in [6.45, 7) is 0.334. The number of hydrogen-bond acceptors (Lipinski definition) is 5. The van der Waals surface area contributed by atoms with Crippen molar-refractivity contribution in [3.8, 4) is 5.75 Å². The number of fused-ring (bicyclic) bond motifs is 3. The van der Waals surface area contributed by atoms with Gasteiger partial charge in [-0.2, -0.15) is 0 Å². The smallest absolute Gasteiger partial charge is 0.253 e. The molecule has 2 amide bonds. The molecule has 1 aliphatic rings. The zero-order valence-corrected chi connectivity index (χ0v) is 17.4. The molecule has 1 atom stereocenters. The number of aromatic nitrogens is 3. The van der Waals surface area contributed by atoms with Gasteiger partial charge in [-0.15, -0.1) is 0 Å². The first kappa shape index (κ1) is 19.7. The molecule has 0 saturated heterocycles. The maximum Gasteiger partial charge on any atom is 0.253 e. The fraction of sp³-hybridized carbons (Fsp3) is 0.167. The van der Waals surface area contributed by atoms with Crippen LogP contribution in [0, 0.1) is 0 Å². The normalized spacial score (nSPS) is 15.1. The Bertz CT molecular complexity index is 1300. The maximum absolute atomic E-state index is 13.4. The number of benzene rings is 2. The predicted octanol–water partition coefficient (Wildman–Crippen LogP) is 3.56. The van der Waals surface area contributed by atoms with Crippen LogP contribution in [-0.2, 0) is 16.1 Å². The van der Waals surface area contributed by atoms with Crippen LogP contribution in [0.25, 0.3) is 11.0 Å². The van der Waals surface area contributed by atoms with Crippen molar-refractivity contribution >= 4 is 34.5 Å². The van der Waals surface area contributed by atoms with Crippen LogP contribution in [0.1, 0.15) is 18.0 Å². The van der Waals surface area contributed by atoms with Gasteiger partial charge in [-0.3, -0.25) is 24.0 Å². The summed E-state index contributed by atoms with van der Waals surface area (Å²) in [6.07, 6.45) is 3.39. The van der Waals surface area contributed by atoms with Crippen molar-refractivity contribution in [1.82, 2.24) is 14.5 Å². The number of carbonyl (C=O) groups is 2. The summed E-state index contributed by atoms with van der Waals surface area (Å²) in [6, 6.07) is 17.9. The van der Waals surface area contributed by atoms with Gasteiger partial charge in [0.15, 0.2) is 0 Å². The highest BCUT2D eigenvalue weighted by Gasteiger charge is 2.41. The van der Waals surface area contributed by atoms with Crippen LogP contribution in [0.4, 0.5) is 11.6 Å². The Labute approximate surface area is 184 Å². The van der Waals surface area contributed by atoms with Gasteiger partial charge in [0.05, 0.1) is 36.8 Å². The van der Waals surface area contributed by atoms with Gasteiger partial charge >= 0.3 is 0 Å². The first-order valence-corrected chi connectivity index (χ1v) is 10.3. The van der Waals surface area contributed by atoms with Gasteiger partial charge in [-0.25, -0.2) is 4.98 Å². The lowest BCUT2D eigenvalue weighted by Crippen LogP contribution is -2.31. The molecule has 2 aromatic carbocycles. The Morgan fingerprint density at radius 2 is 1.91 bits per heavy atom. The number of amides is 2. The molecule has 4 aromatic rings. The number of carbonyl (C=O) groups excluding carboxylic acids is 2. The highest BCUT2D eigenvalue weighted by molar-refractivity contribution is 6.05. The third kappa shape index (κ3) is 3.45. The van der Waals surface area contributed by atoms with Crippen molar-refractivity contribution < 1.29 is 14.3 Å². The van der Waals surface area contributed by atoms with E-state index in [-0.39, 0.29) is 18.2 Å². The molecule has 0 fully saturated rings. The highest BCUT2D eigenvalue weighted by Crippen LogP contribution is 2.37. The lowest BCUT2D eigenvalue weighted by atomic mass is 10.1. The van der Waals surface area contributed by atoms with Gasteiger partial charge in [0.25, 0.3) is 5.91 Å². The molecular formula is C24H21N5O3. The molecule has 2 aromatic heterocycles. The summed E-state index contributed by atoms with van der Waals surface area (Å²) in [5.74, 6) is 0.651. The number of ether oxygens (including phenoxy) is 1. The van der Waals surface area contributed by atoms with E-state index in [0.717, 1.165) is 16.6 Å². The Balaban J connectivity index is 1.47. The molecule has 32 heavy (non-hydrogen) atoms. The minimum absolute atomic E-state index is 0.0201. The number of anilines is 2. The van der Waals surface area contributed by atoms with Crippen LogP contribution < -0.4 is 15.0 Å². The van der Waals surface area contributed by atoms with Crippen LogP contribution in [0.2, 0.25) is 0 Å². The van der Waals surface area contributed by atoms with Gasteiger partial charge < -0.3 is 10.1 Å². The summed E-state index contributed by atoms with van der Waals surface area (Å²) in [5.41, 5.74) is 3.05. The standard InChI is InChI=1S/C24H21N5O3/c1-32-21-11-5-3-9-18(21)26-22(30)13-20-23(31)28(15-16-7-6-12-25-14-16)24-27-17-8-2-4-10-19(17)29(20)24/h2-12,14,20H,13,15H2,1H3,(H,26,30)/t20-/m1/s1. The van der Waals surface area contributed by atoms with E-state index in [1.165, 1.54) is 0 Å². The minimum atomic E-state index is -0.691. The summed E-state index contributed by atoms with van der Waals surface area (Å²) >= 11 is 0. The number of rotatable bonds is 6. The first-order valence-electron chi connectivity index (χ1n) is 10.3. The monoisotopic (exact) mass is 427 g/mol. The lowest BCUT2D eigenvalue weighted by molar-refractivity contribution is -0.124. The van der Waals surface area contributed by atoms with Crippen molar-refractivity contribution in [2.24, 2.45) is 0 Å². The van der Waals surface area contributed by atoms with Gasteiger partial charge in [-0.05, 0) is 35.9 Å². The Kier molecular flexibility index (Phi) is 5.03. The summed E-state index contributed by atoms with van der Waals surface area (Å²) in [7, 11) is 1.55. The quantitative estimate of drug-likeness (QED) is 0.508. The third-order valence-corrected chi connectivity index (χ3v) is 5.50. The summed E-state index contributed by atoms with van der Waals surface area (Å²) in [5, 5.41) is 2.87. The van der Waals surface area contributed by atoms with E-state index in [9.17, 15) is 9.59 Å². The van der Waals surface area contributed by atoms with Crippen LogP contribution in [0.15, 0.2) is 73.1 Å². The number of imidazole rings is 1. The Morgan fingerprint density at radius 3 is 2.72 bits per heavy atom. The molecule has 1 aliphatic heterocycles. The molecule has 8 nitrogen and oxygen atoms in total. The van der Waals surface area contributed by atoms with Crippen molar-refractivity contribution in [3.63, 3.8) is 0 Å². The average Bonchev–Trinajstić information content (AvgIpc) is 3.31. The number of nitrogens with zero attached hydrogens (tertiary/aromatic N) is 4. The fourth-order valence-corrected chi connectivity index (χ4v) is 4.04. The molecule has 0 aliphatic carbocycles. The van der Waals surface area contributed by atoms with Crippen molar-refractivity contribution in [2.45, 2.75) is 19.0 Å². The molecular weight excluding hydrogens is 406 g/mol. The summed E-state index contributed by atoms with van der Waals surface area (Å²) in [4.78, 5) is 36.8. The zero-order valence-electron chi connectivity index (χ0n) is 17.4. The molecule has 0 unspecified atom stereocenters. The Hall–Kier alpha value is -4.20. The van der Waals surface area contributed by atoms with Gasteiger partial charge in [-0.1, -0.05) is 30.3 Å². The fourth-order valence-electron chi connectivity index (χ4n) is 4.04. The van der Waals surface area contributed by atoms with Crippen molar-refractivity contribution in [1.29, 1.82) is 0 Å². The molecule has 160 valence electrons. The molecule has 8 heteroatoms. The zero-order chi connectivity index (χ0) is 22.1. The molecule has 3 heterocycles. The third-order valence-electron chi connectivity index (χ3n) is 5.50. The van der Waals surface area contributed by atoms with Crippen molar-refractivity contribution in [2.75, 3.05) is 17.3 Å². The summed E-state index contributed by atoms with van der Waals surface area (Å²) < 4.78 is 7.17. The second-order valence-corrected chi connectivity index (χ2v) is 7.52. The van der Waals surface area contributed by atoms with Gasteiger partial charge in [0, 0.05) is 12.4 Å².